The number of carbonyl (C=O) groups excluding carboxylic acids is 1. The quantitative estimate of drug-likeness (QED) is 0.832. The molecule has 1 aliphatic rings. The Kier molecular flexibility index (Phi) is 3.75. The van der Waals surface area contributed by atoms with Crippen molar-refractivity contribution in [1.82, 2.24) is 9.97 Å². The molecule has 0 radical (unpaired) electrons. The van der Waals surface area contributed by atoms with Crippen molar-refractivity contribution in [2.75, 3.05) is 5.32 Å². The monoisotopic (exact) mass is 302 g/mol. The van der Waals surface area contributed by atoms with Gasteiger partial charge in [0.05, 0.1) is 0 Å². The van der Waals surface area contributed by atoms with Gasteiger partial charge in [0, 0.05) is 12.0 Å². The molecule has 0 bridgehead atoms. The minimum atomic E-state index is -0.649. The summed E-state index contributed by atoms with van der Waals surface area (Å²) in [5.41, 5.74) is 6.27. The summed E-state index contributed by atoms with van der Waals surface area (Å²) in [6, 6.07) is 10.2. The van der Waals surface area contributed by atoms with E-state index in [4.69, 9.17) is 17.3 Å². The van der Waals surface area contributed by atoms with E-state index < -0.39 is 11.9 Å². The molecule has 3 N–H and O–H groups in total. The summed E-state index contributed by atoms with van der Waals surface area (Å²) in [5.74, 6) is 1.16. The van der Waals surface area contributed by atoms with E-state index in [0.717, 1.165) is 24.2 Å². The van der Waals surface area contributed by atoms with Crippen LogP contribution in [0.3, 0.4) is 0 Å². The molecule has 0 aliphatic heterocycles. The number of nitrogens with one attached hydrogen (secondary N) is 1. The largest absolute Gasteiger partial charge is 0.368 e. The van der Waals surface area contributed by atoms with E-state index in [0.29, 0.717) is 16.9 Å². The van der Waals surface area contributed by atoms with Crippen LogP contribution in [0.5, 0.6) is 0 Å². The second-order valence-corrected chi connectivity index (χ2v) is 5.49. The van der Waals surface area contributed by atoms with Gasteiger partial charge in [-0.3, -0.25) is 4.79 Å². The van der Waals surface area contributed by atoms with Crippen LogP contribution < -0.4 is 11.1 Å². The predicted octanol–water partition coefficient (Wildman–Crippen LogP) is 2.65. The highest BCUT2D eigenvalue weighted by Gasteiger charge is 2.28. The summed E-state index contributed by atoms with van der Waals surface area (Å²) in [7, 11) is 0. The van der Waals surface area contributed by atoms with Crippen LogP contribution >= 0.6 is 11.6 Å². The smallest absolute Gasteiger partial charge is 0.244 e. The minimum Gasteiger partial charge on any atom is -0.368 e. The van der Waals surface area contributed by atoms with Crippen LogP contribution in [0, 0.1) is 0 Å². The van der Waals surface area contributed by atoms with Crippen molar-refractivity contribution >= 4 is 23.3 Å². The van der Waals surface area contributed by atoms with E-state index in [9.17, 15) is 4.79 Å². The Bertz CT molecular complexity index is 658. The fraction of sp³-hybridized carbons (Fsp3) is 0.267. The molecule has 1 aliphatic carbocycles. The molecule has 1 heterocycles. The topological polar surface area (TPSA) is 80.9 Å². The third kappa shape index (κ3) is 3.31. The van der Waals surface area contributed by atoms with Crippen molar-refractivity contribution in [1.29, 1.82) is 0 Å². The molecule has 1 aromatic heterocycles. The number of hydrogen-bond acceptors (Lipinski definition) is 4. The summed E-state index contributed by atoms with van der Waals surface area (Å²) >= 11 is 6.02. The number of carbonyl (C=O) groups is 1. The number of benzene rings is 1. The lowest BCUT2D eigenvalue weighted by atomic mass is 10.1. The average molecular weight is 303 g/mol. The second kappa shape index (κ2) is 5.69. The van der Waals surface area contributed by atoms with Gasteiger partial charge in [0.25, 0.3) is 0 Å². The lowest BCUT2D eigenvalue weighted by molar-refractivity contribution is -0.118. The molecule has 5 nitrogen and oxygen atoms in total. The van der Waals surface area contributed by atoms with Gasteiger partial charge in [0.15, 0.2) is 0 Å². The lowest BCUT2D eigenvalue weighted by Crippen LogP contribution is -2.28. The molecule has 1 atom stereocenters. The minimum absolute atomic E-state index is 0.366. The van der Waals surface area contributed by atoms with Crippen LogP contribution in [0.1, 0.15) is 36.2 Å². The molecule has 0 saturated heterocycles. The summed E-state index contributed by atoms with van der Waals surface area (Å²) in [6.45, 7) is 0. The summed E-state index contributed by atoms with van der Waals surface area (Å²) in [6.07, 6.45) is 2.16. The molecule has 0 spiro atoms. The Balaban J connectivity index is 1.88. The Labute approximate surface area is 127 Å². The van der Waals surface area contributed by atoms with Gasteiger partial charge in [-0.05, 0) is 18.4 Å². The van der Waals surface area contributed by atoms with Crippen molar-refractivity contribution in [2.45, 2.75) is 24.8 Å². The van der Waals surface area contributed by atoms with Crippen molar-refractivity contribution < 1.29 is 4.79 Å². The zero-order chi connectivity index (χ0) is 14.8. The van der Waals surface area contributed by atoms with E-state index >= 15 is 0 Å². The first-order chi connectivity index (χ1) is 10.1. The van der Waals surface area contributed by atoms with Crippen LogP contribution in [0.4, 0.5) is 5.82 Å². The molecule has 1 saturated carbocycles. The Morgan fingerprint density at radius 3 is 2.62 bits per heavy atom. The van der Waals surface area contributed by atoms with Crippen molar-refractivity contribution in [2.24, 2.45) is 5.73 Å². The number of rotatable bonds is 5. The SMILES string of the molecule is NC(=O)C(Nc1cc(Cl)nc(C2CC2)n1)c1ccccc1. The highest BCUT2D eigenvalue weighted by molar-refractivity contribution is 6.29. The molecule has 1 unspecified atom stereocenters. The highest BCUT2D eigenvalue weighted by atomic mass is 35.5. The van der Waals surface area contributed by atoms with Crippen LogP contribution in [-0.4, -0.2) is 15.9 Å². The van der Waals surface area contributed by atoms with Gasteiger partial charge in [-0.1, -0.05) is 41.9 Å². The van der Waals surface area contributed by atoms with Gasteiger partial charge in [-0.25, -0.2) is 9.97 Å². The van der Waals surface area contributed by atoms with Crippen molar-refractivity contribution in [3.8, 4) is 0 Å². The van der Waals surface area contributed by atoms with E-state index in [2.05, 4.69) is 15.3 Å². The van der Waals surface area contributed by atoms with Crippen LogP contribution in [0.2, 0.25) is 5.15 Å². The number of hydrogen-bond donors (Lipinski definition) is 2. The Hall–Kier alpha value is -2.14. The number of nitrogens with two attached hydrogens (primary N) is 1. The summed E-state index contributed by atoms with van der Waals surface area (Å²) in [5, 5.41) is 3.41. The first-order valence-corrected chi connectivity index (χ1v) is 7.16. The molecule has 6 heteroatoms. The maximum atomic E-state index is 11.7. The van der Waals surface area contributed by atoms with Crippen LogP contribution in [0.15, 0.2) is 36.4 Å². The van der Waals surface area contributed by atoms with Gasteiger partial charge in [-0.2, -0.15) is 0 Å². The standard InChI is InChI=1S/C15H15ClN4O/c16-11-8-12(20-15(18-11)10-6-7-10)19-13(14(17)21)9-4-2-1-3-5-9/h1-5,8,10,13H,6-7H2,(H2,17,21)(H,18,19,20). The third-order valence-electron chi connectivity index (χ3n) is 3.36. The molecular formula is C15H15ClN4O. The van der Waals surface area contributed by atoms with Gasteiger partial charge >= 0.3 is 0 Å². The zero-order valence-corrected chi connectivity index (χ0v) is 12.0. The van der Waals surface area contributed by atoms with Crippen molar-refractivity contribution in [3.63, 3.8) is 0 Å². The maximum absolute atomic E-state index is 11.7. The Morgan fingerprint density at radius 1 is 1.29 bits per heavy atom. The van der Waals surface area contributed by atoms with Gasteiger partial charge < -0.3 is 11.1 Å². The predicted molar refractivity (Wildman–Crippen MR) is 81.0 cm³/mol. The molecule has 1 fully saturated rings. The van der Waals surface area contributed by atoms with Gasteiger partial charge in [0.2, 0.25) is 5.91 Å². The first-order valence-electron chi connectivity index (χ1n) is 6.79. The fourth-order valence-corrected chi connectivity index (χ4v) is 2.34. The van der Waals surface area contributed by atoms with E-state index in [1.165, 1.54) is 0 Å². The summed E-state index contributed by atoms with van der Waals surface area (Å²) in [4.78, 5) is 20.4. The molecule has 1 amide bonds. The van der Waals surface area contributed by atoms with Crippen LogP contribution in [-0.2, 0) is 4.79 Å². The Morgan fingerprint density at radius 2 is 2.00 bits per heavy atom. The van der Waals surface area contributed by atoms with Crippen molar-refractivity contribution in [3.05, 3.63) is 52.9 Å². The first kappa shape index (κ1) is 13.8. The molecule has 1 aromatic carbocycles. The normalized spacial score (nSPS) is 15.5. The number of nitrogens with zero attached hydrogens (tertiary/aromatic N) is 2. The van der Waals surface area contributed by atoms with Gasteiger partial charge in [0.1, 0.15) is 22.8 Å². The molecule has 3 rings (SSSR count). The average Bonchev–Trinajstić information content (AvgIpc) is 3.29. The maximum Gasteiger partial charge on any atom is 0.244 e. The number of aromatic nitrogens is 2. The number of anilines is 1. The van der Waals surface area contributed by atoms with E-state index in [1.54, 1.807) is 6.07 Å². The lowest BCUT2D eigenvalue weighted by Gasteiger charge is -2.17. The van der Waals surface area contributed by atoms with Crippen LogP contribution in [0.25, 0.3) is 0 Å². The van der Waals surface area contributed by atoms with E-state index in [-0.39, 0.29) is 0 Å². The van der Waals surface area contributed by atoms with Gasteiger partial charge in [-0.15, -0.1) is 0 Å². The fourth-order valence-electron chi connectivity index (χ4n) is 2.15. The highest BCUT2D eigenvalue weighted by Crippen LogP contribution is 2.39. The summed E-state index contributed by atoms with van der Waals surface area (Å²) < 4.78 is 0. The number of halogens is 1. The molecule has 21 heavy (non-hydrogen) atoms. The number of primary amides is 1. The molecular weight excluding hydrogens is 288 g/mol. The molecule has 108 valence electrons. The zero-order valence-electron chi connectivity index (χ0n) is 11.3. The molecule has 2 aromatic rings. The number of amides is 1. The van der Waals surface area contributed by atoms with E-state index in [1.807, 2.05) is 30.3 Å². The second-order valence-electron chi connectivity index (χ2n) is 5.10. The third-order valence-corrected chi connectivity index (χ3v) is 3.56.